The number of rotatable bonds is 2. The molecule has 5 nitrogen and oxygen atoms in total. The zero-order chi connectivity index (χ0) is 20.5. The van der Waals surface area contributed by atoms with E-state index in [1.807, 2.05) is 56.0 Å². The van der Waals surface area contributed by atoms with Crippen LogP contribution in [0.4, 0.5) is 4.79 Å². The molecule has 0 aromatic heterocycles. The maximum Gasteiger partial charge on any atom is 0.411 e. The number of amides is 2. The SMILES string of the molecule is CC1(C)CCCN(C(=O)C2CCC(c3ccccc3)N2C(=O)OC(C)(C)C)C1. The van der Waals surface area contributed by atoms with Gasteiger partial charge in [-0.3, -0.25) is 9.69 Å². The quantitative estimate of drug-likeness (QED) is 0.735. The van der Waals surface area contributed by atoms with Crippen LogP contribution in [-0.4, -0.2) is 46.5 Å². The molecular weight excluding hydrogens is 352 g/mol. The molecule has 2 aliphatic rings. The number of ether oxygens (including phenoxy) is 1. The van der Waals surface area contributed by atoms with Crippen LogP contribution in [-0.2, 0) is 9.53 Å². The largest absolute Gasteiger partial charge is 0.444 e. The van der Waals surface area contributed by atoms with Crippen molar-refractivity contribution in [3.63, 3.8) is 0 Å². The van der Waals surface area contributed by atoms with Gasteiger partial charge in [-0.1, -0.05) is 44.2 Å². The number of carbonyl (C=O) groups excluding carboxylic acids is 2. The number of hydrogen-bond acceptors (Lipinski definition) is 3. The third kappa shape index (κ3) is 4.68. The predicted molar refractivity (Wildman–Crippen MR) is 110 cm³/mol. The van der Waals surface area contributed by atoms with Crippen molar-refractivity contribution in [2.45, 2.75) is 78.0 Å². The van der Waals surface area contributed by atoms with Crippen LogP contribution in [0.2, 0.25) is 0 Å². The lowest BCUT2D eigenvalue weighted by Gasteiger charge is -2.41. The van der Waals surface area contributed by atoms with Crippen molar-refractivity contribution in [1.29, 1.82) is 0 Å². The van der Waals surface area contributed by atoms with Crippen LogP contribution in [0, 0.1) is 5.41 Å². The molecule has 2 heterocycles. The van der Waals surface area contributed by atoms with Crippen LogP contribution < -0.4 is 0 Å². The van der Waals surface area contributed by atoms with Gasteiger partial charge < -0.3 is 9.64 Å². The Kier molecular flexibility index (Phi) is 5.74. The third-order valence-electron chi connectivity index (χ3n) is 5.67. The first-order valence-corrected chi connectivity index (χ1v) is 10.4. The van der Waals surface area contributed by atoms with Crippen LogP contribution >= 0.6 is 0 Å². The Morgan fingerprint density at radius 1 is 1.11 bits per heavy atom. The van der Waals surface area contributed by atoms with Crippen LogP contribution in [0.3, 0.4) is 0 Å². The lowest BCUT2D eigenvalue weighted by Crippen LogP contribution is -2.53. The van der Waals surface area contributed by atoms with Gasteiger partial charge in [-0.2, -0.15) is 0 Å². The second-order valence-electron chi connectivity index (χ2n) is 9.93. The Balaban J connectivity index is 1.86. The van der Waals surface area contributed by atoms with Gasteiger partial charge in [-0.15, -0.1) is 0 Å². The zero-order valence-corrected chi connectivity index (χ0v) is 17.9. The number of hydrogen-bond donors (Lipinski definition) is 0. The van der Waals surface area contributed by atoms with Crippen molar-refractivity contribution >= 4 is 12.0 Å². The van der Waals surface area contributed by atoms with Crippen LogP contribution in [0.1, 0.15) is 71.9 Å². The Hall–Kier alpha value is -2.04. The van der Waals surface area contributed by atoms with Gasteiger partial charge in [0.2, 0.25) is 5.91 Å². The molecule has 1 aromatic rings. The molecule has 0 spiro atoms. The molecule has 0 N–H and O–H groups in total. The van der Waals surface area contributed by atoms with Crippen LogP contribution in [0.5, 0.6) is 0 Å². The lowest BCUT2D eigenvalue weighted by molar-refractivity contribution is -0.139. The van der Waals surface area contributed by atoms with E-state index in [4.69, 9.17) is 4.74 Å². The fraction of sp³-hybridized carbons (Fsp3) is 0.652. The Labute approximate surface area is 169 Å². The van der Waals surface area contributed by atoms with Crippen molar-refractivity contribution in [3.05, 3.63) is 35.9 Å². The summed E-state index contributed by atoms with van der Waals surface area (Å²) in [5, 5.41) is 0. The number of carbonyl (C=O) groups is 2. The summed E-state index contributed by atoms with van der Waals surface area (Å²) in [7, 11) is 0. The van der Waals surface area contributed by atoms with Crippen LogP contribution in [0.25, 0.3) is 0 Å². The molecule has 0 aliphatic carbocycles. The molecule has 154 valence electrons. The highest BCUT2D eigenvalue weighted by Crippen LogP contribution is 2.39. The summed E-state index contributed by atoms with van der Waals surface area (Å²) in [5.74, 6) is 0.0667. The van der Waals surface area contributed by atoms with Gasteiger partial charge in [0.1, 0.15) is 11.6 Å². The number of likely N-dealkylation sites (tertiary alicyclic amines) is 2. The zero-order valence-electron chi connectivity index (χ0n) is 17.9. The van der Waals surface area contributed by atoms with Crippen molar-refractivity contribution in [1.82, 2.24) is 9.80 Å². The van der Waals surface area contributed by atoms with Crippen molar-refractivity contribution < 1.29 is 14.3 Å². The molecule has 2 amide bonds. The molecule has 0 saturated carbocycles. The van der Waals surface area contributed by atoms with E-state index in [9.17, 15) is 9.59 Å². The summed E-state index contributed by atoms with van der Waals surface area (Å²) in [5.41, 5.74) is 0.589. The molecule has 2 unspecified atom stereocenters. The minimum absolute atomic E-state index is 0.0667. The van der Waals surface area contributed by atoms with E-state index in [1.165, 1.54) is 0 Å². The van der Waals surface area contributed by atoms with E-state index in [0.717, 1.165) is 37.9 Å². The molecule has 2 fully saturated rings. The highest BCUT2D eigenvalue weighted by Gasteiger charge is 2.45. The molecule has 0 bridgehead atoms. The van der Waals surface area contributed by atoms with Gasteiger partial charge in [0, 0.05) is 13.1 Å². The lowest BCUT2D eigenvalue weighted by atomic mass is 9.84. The highest BCUT2D eigenvalue weighted by molar-refractivity contribution is 5.87. The van der Waals surface area contributed by atoms with Gasteiger partial charge in [0.05, 0.1) is 6.04 Å². The Morgan fingerprint density at radius 3 is 2.39 bits per heavy atom. The summed E-state index contributed by atoms with van der Waals surface area (Å²) in [6.07, 6.45) is 3.20. The first-order valence-electron chi connectivity index (χ1n) is 10.4. The molecule has 2 atom stereocenters. The van der Waals surface area contributed by atoms with Crippen molar-refractivity contribution in [3.8, 4) is 0 Å². The standard InChI is InChI=1S/C23H34N2O3/c1-22(2,3)28-21(27)25-18(17-10-7-6-8-11-17)12-13-19(25)20(26)24-15-9-14-23(4,5)16-24/h6-8,10-11,18-19H,9,12-16H2,1-5H3. The second kappa shape index (κ2) is 7.76. The smallest absolute Gasteiger partial charge is 0.411 e. The maximum atomic E-state index is 13.4. The number of nitrogens with zero attached hydrogens (tertiary/aromatic N) is 2. The van der Waals surface area contributed by atoms with Gasteiger partial charge in [-0.25, -0.2) is 4.79 Å². The summed E-state index contributed by atoms with van der Waals surface area (Å²) in [6, 6.07) is 9.40. The molecule has 0 radical (unpaired) electrons. The molecule has 2 saturated heterocycles. The monoisotopic (exact) mass is 386 g/mol. The van der Waals surface area contributed by atoms with E-state index >= 15 is 0 Å². The van der Waals surface area contributed by atoms with E-state index in [-0.39, 0.29) is 17.4 Å². The predicted octanol–water partition coefficient (Wildman–Crippen LogP) is 4.78. The average Bonchev–Trinajstić information content (AvgIpc) is 3.04. The van der Waals surface area contributed by atoms with E-state index in [0.29, 0.717) is 6.42 Å². The topological polar surface area (TPSA) is 49.9 Å². The summed E-state index contributed by atoms with van der Waals surface area (Å²) in [4.78, 5) is 30.2. The van der Waals surface area contributed by atoms with Gasteiger partial charge in [-0.05, 0) is 57.4 Å². The minimum atomic E-state index is -0.596. The van der Waals surface area contributed by atoms with Gasteiger partial charge in [0.25, 0.3) is 0 Å². The molecule has 3 rings (SSSR count). The van der Waals surface area contributed by atoms with Crippen LogP contribution in [0.15, 0.2) is 30.3 Å². The summed E-state index contributed by atoms with van der Waals surface area (Å²) >= 11 is 0. The summed E-state index contributed by atoms with van der Waals surface area (Å²) in [6.45, 7) is 11.5. The first-order chi connectivity index (χ1) is 13.1. The second-order valence-corrected chi connectivity index (χ2v) is 9.93. The van der Waals surface area contributed by atoms with Crippen molar-refractivity contribution in [2.75, 3.05) is 13.1 Å². The number of piperidine rings is 1. The van der Waals surface area contributed by atoms with E-state index < -0.39 is 17.7 Å². The fourth-order valence-electron chi connectivity index (χ4n) is 4.45. The summed E-state index contributed by atoms with van der Waals surface area (Å²) < 4.78 is 5.70. The van der Waals surface area contributed by atoms with Gasteiger partial charge >= 0.3 is 6.09 Å². The molecule has 5 heteroatoms. The molecular formula is C23H34N2O3. The fourth-order valence-corrected chi connectivity index (χ4v) is 4.45. The van der Waals surface area contributed by atoms with E-state index in [1.54, 1.807) is 4.90 Å². The normalized spacial score (nSPS) is 24.9. The van der Waals surface area contributed by atoms with Gasteiger partial charge in [0.15, 0.2) is 0 Å². The van der Waals surface area contributed by atoms with Crippen molar-refractivity contribution in [2.24, 2.45) is 5.41 Å². The Bertz CT molecular complexity index is 708. The average molecular weight is 387 g/mol. The minimum Gasteiger partial charge on any atom is -0.444 e. The molecule has 28 heavy (non-hydrogen) atoms. The third-order valence-corrected chi connectivity index (χ3v) is 5.67. The maximum absolute atomic E-state index is 13.4. The highest BCUT2D eigenvalue weighted by atomic mass is 16.6. The number of benzene rings is 1. The van der Waals surface area contributed by atoms with E-state index in [2.05, 4.69) is 13.8 Å². The Morgan fingerprint density at radius 2 is 1.79 bits per heavy atom. The first kappa shape index (κ1) is 20.7. The molecule has 1 aromatic carbocycles. The molecule has 2 aliphatic heterocycles.